The van der Waals surface area contributed by atoms with E-state index in [1.807, 2.05) is 0 Å². The maximum absolute atomic E-state index is 17.3. The highest BCUT2D eigenvalue weighted by Gasteiger charge is 2.44. The molecule has 0 aliphatic rings. The fourth-order valence-corrected chi connectivity index (χ4v) is 11.2. The first-order valence-corrected chi connectivity index (χ1v) is 32.4. The predicted molar refractivity (Wildman–Crippen MR) is 318 cm³/mol. The number of hydrogen-bond donors (Lipinski definition) is 0. The first-order chi connectivity index (χ1) is 41.0. The quantitative estimate of drug-likeness (QED) is 0.0110. The van der Waals surface area contributed by atoms with Gasteiger partial charge in [-0.2, -0.15) is 6.07 Å². The van der Waals surface area contributed by atoms with Gasteiger partial charge in [-0.05, 0) is 44.9 Å². The normalized spacial score (nSPS) is 11.9. The lowest BCUT2D eigenvalue weighted by atomic mass is 9.91. The molecule has 0 fully saturated rings. The van der Waals surface area contributed by atoms with Gasteiger partial charge >= 0.3 is 7.32 Å². The molecule has 480 valence electrons. The van der Waals surface area contributed by atoms with E-state index < -0.39 is 100 Å². The van der Waals surface area contributed by atoms with Crippen LogP contribution in [0.2, 0.25) is 0 Å². The van der Waals surface area contributed by atoms with Gasteiger partial charge in [0.25, 0.3) is 0 Å². The van der Waals surface area contributed by atoms with Crippen LogP contribution >= 0.6 is 0 Å². The minimum atomic E-state index is -2.34. The van der Waals surface area contributed by atoms with E-state index in [4.69, 9.17) is 14.0 Å². The van der Waals surface area contributed by atoms with Crippen molar-refractivity contribution in [2.45, 2.75) is 265 Å². The summed E-state index contributed by atoms with van der Waals surface area (Å²) in [5.41, 5.74) is -0.275. The van der Waals surface area contributed by atoms with Crippen molar-refractivity contribution in [3.8, 4) is 17.2 Å². The lowest BCUT2D eigenvalue weighted by Crippen LogP contribution is -2.53. The number of quaternary nitrogens is 1. The van der Waals surface area contributed by atoms with Crippen LogP contribution < -0.4 is 14.0 Å². The second kappa shape index (κ2) is 44.0. The Morgan fingerprint density at radius 2 is 0.612 bits per heavy atom. The summed E-state index contributed by atoms with van der Waals surface area (Å²) in [6, 6.07) is 5.27. The Morgan fingerprint density at radius 3 is 0.929 bits per heavy atom. The van der Waals surface area contributed by atoms with Crippen molar-refractivity contribution < 1.29 is 71.1 Å². The summed E-state index contributed by atoms with van der Waals surface area (Å²) < 4.78 is 190. The molecule has 85 heavy (non-hydrogen) atoms. The van der Waals surface area contributed by atoms with Crippen LogP contribution in [-0.2, 0) is 0 Å². The van der Waals surface area contributed by atoms with Gasteiger partial charge in [0.15, 0.2) is 52.4 Å². The van der Waals surface area contributed by atoms with Crippen LogP contribution in [0.4, 0.5) is 52.7 Å². The van der Waals surface area contributed by atoms with E-state index in [1.54, 1.807) is 0 Å². The molecule has 1 atom stereocenters. The molecule has 4 aromatic carbocycles. The smallest absolute Gasteiger partial charge is 0.489 e. The van der Waals surface area contributed by atoms with E-state index in [-0.39, 0.29) is 5.56 Å². The molecule has 0 spiro atoms. The molecule has 0 radical (unpaired) electrons. The average Bonchev–Trinajstić information content (AvgIpc) is 1.54. The number of hydrogen-bond acceptors (Lipinski definition) is 3. The zero-order valence-electron chi connectivity index (χ0n) is 51.5. The summed E-state index contributed by atoms with van der Waals surface area (Å²) >= 11 is 0. The van der Waals surface area contributed by atoms with Crippen molar-refractivity contribution in [1.82, 2.24) is 0 Å². The Morgan fingerprint density at radius 1 is 0.329 bits per heavy atom. The monoisotopic (exact) mass is 1220 g/mol. The third kappa shape index (κ3) is 28.4. The summed E-state index contributed by atoms with van der Waals surface area (Å²) in [5.74, 6) is -21.0. The molecule has 0 aliphatic heterocycles. The number of benzene rings is 4. The van der Waals surface area contributed by atoms with E-state index in [0.29, 0.717) is 67.3 Å². The van der Waals surface area contributed by atoms with Gasteiger partial charge in [0, 0.05) is 48.4 Å². The second-order valence-corrected chi connectivity index (χ2v) is 23.1. The van der Waals surface area contributed by atoms with Gasteiger partial charge in [-0.3, -0.25) is 8.78 Å². The SMILES string of the molecule is CCCCCCCCCCCCCCCCCCCC(c1c(OB(Oc2cc(F)c(F)c(F)c2)Oc2cc(F)c(F)c(F)c2)cc(F)c(F)c1F)[N+](CCCCCCCC)(CCCCCCCC)CCCCCCCC.Fc1c[c-]cc(F)c1F. The summed E-state index contributed by atoms with van der Waals surface area (Å²) in [5, 5.41) is 0. The van der Waals surface area contributed by atoms with Crippen molar-refractivity contribution >= 4 is 7.32 Å². The molecule has 0 amide bonds. The Balaban J connectivity index is 0.00000191. The molecule has 0 saturated carbocycles. The van der Waals surface area contributed by atoms with Crippen molar-refractivity contribution in [2.24, 2.45) is 0 Å². The zero-order valence-corrected chi connectivity index (χ0v) is 51.5. The summed E-state index contributed by atoms with van der Waals surface area (Å²) in [4.78, 5) is 0. The molecular formula is C68H98BF12NO3. The molecule has 0 heterocycles. The predicted octanol–water partition coefficient (Wildman–Crippen LogP) is 23.3. The first-order valence-electron chi connectivity index (χ1n) is 32.4. The van der Waals surface area contributed by atoms with Gasteiger partial charge in [0.1, 0.15) is 23.3 Å². The Kier molecular flexibility index (Phi) is 38.7. The maximum Gasteiger partial charge on any atom is 0.864 e. The fourth-order valence-electron chi connectivity index (χ4n) is 11.2. The molecular weight excluding hydrogens is 1120 g/mol. The van der Waals surface area contributed by atoms with E-state index in [0.717, 1.165) is 160 Å². The van der Waals surface area contributed by atoms with Crippen molar-refractivity contribution in [3.63, 3.8) is 0 Å². The largest absolute Gasteiger partial charge is 0.864 e. The molecule has 1 unspecified atom stereocenters. The summed E-state index contributed by atoms with van der Waals surface area (Å²) in [6.45, 7) is 10.6. The van der Waals surface area contributed by atoms with Crippen molar-refractivity contribution in [2.75, 3.05) is 19.6 Å². The molecule has 0 N–H and O–H groups in total. The highest BCUT2D eigenvalue weighted by Crippen LogP contribution is 2.44. The molecule has 0 bridgehead atoms. The van der Waals surface area contributed by atoms with Gasteiger partial charge in [0.2, 0.25) is 0 Å². The minimum absolute atomic E-state index is 0.275. The average molecular weight is 1220 g/mol. The Bertz CT molecular complexity index is 2270. The summed E-state index contributed by atoms with van der Waals surface area (Å²) in [7, 11) is -2.34. The number of nitrogens with zero attached hydrogens (tertiary/aromatic N) is 1. The van der Waals surface area contributed by atoms with Gasteiger partial charge in [0.05, 0.1) is 31.0 Å². The maximum atomic E-state index is 17.3. The lowest BCUT2D eigenvalue weighted by molar-refractivity contribution is -0.958. The summed E-state index contributed by atoms with van der Waals surface area (Å²) in [6.07, 6.45) is 38.5. The topological polar surface area (TPSA) is 27.7 Å². The number of halogens is 12. The third-order valence-corrected chi connectivity index (χ3v) is 16.1. The fraction of sp³-hybridized carbons (Fsp3) is 0.647. The van der Waals surface area contributed by atoms with Gasteiger partial charge in [-0.1, -0.05) is 207 Å². The Hall–Kier alpha value is -4.54. The second-order valence-electron chi connectivity index (χ2n) is 23.1. The molecule has 4 rings (SSSR count). The van der Waals surface area contributed by atoms with Crippen LogP contribution in [0.15, 0.2) is 42.5 Å². The van der Waals surface area contributed by atoms with Crippen molar-refractivity contribution in [3.05, 3.63) is 124 Å². The minimum Gasteiger partial charge on any atom is -0.489 e. The van der Waals surface area contributed by atoms with E-state index in [9.17, 15) is 39.5 Å². The molecule has 17 heteroatoms. The van der Waals surface area contributed by atoms with E-state index in [1.165, 1.54) is 70.6 Å². The number of unbranched alkanes of at least 4 members (excludes halogenated alkanes) is 31. The highest BCUT2D eigenvalue weighted by atomic mass is 19.2. The van der Waals surface area contributed by atoms with E-state index >= 15 is 13.2 Å². The molecule has 0 aromatic heterocycles. The van der Waals surface area contributed by atoms with Crippen LogP contribution in [0, 0.1) is 75.9 Å². The van der Waals surface area contributed by atoms with Gasteiger partial charge in [-0.25, -0.2) is 43.9 Å². The van der Waals surface area contributed by atoms with Gasteiger partial charge in [-0.15, -0.1) is 12.1 Å². The van der Waals surface area contributed by atoms with Crippen LogP contribution in [-0.4, -0.2) is 31.4 Å². The van der Waals surface area contributed by atoms with Crippen LogP contribution in [0.3, 0.4) is 0 Å². The molecule has 0 aliphatic carbocycles. The van der Waals surface area contributed by atoms with Crippen LogP contribution in [0.25, 0.3) is 0 Å². The van der Waals surface area contributed by atoms with Gasteiger partial charge < -0.3 is 18.4 Å². The van der Waals surface area contributed by atoms with Crippen LogP contribution in [0.1, 0.15) is 270 Å². The van der Waals surface area contributed by atoms with Crippen molar-refractivity contribution in [1.29, 1.82) is 0 Å². The third-order valence-electron chi connectivity index (χ3n) is 16.1. The number of rotatable bonds is 47. The van der Waals surface area contributed by atoms with Crippen LogP contribution in [0.5, 0.6) is 17.2 Å². The lowest BCUT2D eigenvalue weighted by Gasteiger charge is -2.46. The highest BCUT2D eigenvalue weighted by molar-refractivity contribution is 6.39. The first kappa shape index (κ1) is 74.7. The zero-order chi connectivity index (χ0) is 62.2. The molecule has 0 saturated heterocycles. The molecule has 4 nitrogen and oxygen atoms in total. The van der Waals surface area contributed by atoms with E-state index in [2.05, 4.69) is 33.8 Å². The Labute approximate surface area is 502 Å². The standard InChI is InChI=1S/C62H96BF9NO3.C6H2F3/c1-5-9-13-17-21-22-23-24-25-26-27-28-29-30-31-32-36-40-56(73(41-37-33-18-14-10-6-2,42-38-34-19-15-11-7-3)43-39-35-20-16-12-8-4)58-57(48-55(68)61(71)62(58)72)76-63(74-49-44-51(64)59(69)52(65)45-49)75-50-46-53(66)60(70)54(67)47-50;7-4-2-1-3-5(8)6(4)9/h44-48,56H,5-43H2,1-4H3;2-3H/q+1;-1. The molecule has 4 aromatic rings.